The van der Waals surface area contributed by atoms with Crippen LogP contribution in [0.4, 0.5) is 4.79 Å². The number of amides is 2. The van der Waals surface area contributed by atoms with Crippen molar-refractivity contribution in [1.29, 1.82) is 0 Å². The molecule has 2 atom stereocenters. The fourth-order valence-corrected chi connectivity index (χ4v) is 3.92. The summed E-state index contributed by atoms with van der Waals surface area (Å²) in [5.74, 6) is -1.94. The number of benzene rings is 2. The van der Waals surface area contributed by atoms with Gasteiger partial charge in [0.1, 0.15) is 12.6 Å². The van der Waals surface area contributed by atoms with E-state index in [2.05, 4.69) is 10.6 Å². The second-order valence-corrected chi connectivity index (χ2v) is 8.22. The van der Waals surface area contributed by atoms with Crippen molar-refractivity contribution < 1.29 is 29.3 Å². The van der Waals surface area contributed by atoms with Gasteiger partial charge in [-0.2, -0.15) is 0 Å². The van der Waals surface area contributed by atoms with Gasteiger partial charge in [0.05, 0.1) is 0 Å². The van der Waals surface area contributed by atoms with Crippen LogP contribution in [0.1, 0.15) is 23.5 Å². The molecule has 0 radical (unpaired) electrons. The highest BCUT2D eigenvalue weighted by molar-refractivity contribution is 5.86. The second-order valence-electron chi connectivity index (χ2n) is 8.22. The fraction of sp³-hybridized carbons (Fsp3) is 0.375. The zero-order valence-electron chi connectivity index (χ0n) is 18.7. The van der Waals surface area contributed by atoms with Crippen LogP contribution >= 0.6 is 0 Å². The van der Waals surface area contributed by atoms with Gasteiger partial charge < -0.3 is 30.5 Å². The minimum absolute atomic E-state index is 0.0391. The molecule has 0 heterocycles. The van der Waals surface area contributed by atoms with Gasteiger partial charge in [-0.3, -0.25) is 4.79 Å². The third-order valence-corrected chi connectivity index (χ3v) is 5.50. The number of ether oxygens (including phenoxy) is 1. The molecule has 0 spiro atoms. The van der Waals surface area contributed by atoms with Crippen molar-refractivity contribution in [2.45, 2.75) is 24.5 Å². The SMILES string of the molecule is CN(C)C[C@H](NC(=O)OCC1c2ccccc2-c2ccccc21)C(=O)NCC[C@H](O)C(=O)O. The number of alkyl carbamates (subject to hydrolysis) is 1. The van der Waals surface area contributed by atoms with Crippen LogP contribution in [0, 0.1) is 0 Å². The Balaban J connectivity index is 1.59. The third-order valence-electron chi connectivity index (χ3n) is 5.50. The largest absolute Gasteiger partial charge is 0.479 e. The Hall–Kier alpha value is -3.43. The first-order chi connectivity index (χ1) is 15.8. The standard InChI is InChI=1S/C24H29N3O6/c1-27(2)13-20(22(29)25-12-11-21(28)23(30)31)26-24(32)33-14-19-17-9-5-3-7-15(17)16-8-4-6-10-18(16)19/h3-10,19-21,28H,11-14H2,1-2H3,(H,25,29)(H,26,32)(H,30,31)/t20-,21-/m0/s1. The number of carbonyl (C=O) groups is 3. The molecule has 0 bridgehead atoms. The Morgan fingerprint density at radius 3 is 2.15 bits per heavy atom. The predicted octanol–water partition coefficient (Wildman–Crippen LogP) is 1.41. The number of fused-ring (bicyclic) bond motifs is 3. The monoisotopic (exact) mass is 455 g/mol. The van der Waals surface area contributed by atoms with Gasteiger partial charge in [-0.1, -0.05) is 48.5 Å². The summed E-state index contributed by atoms with van der Waals surface area (Å²) >= 11 is 0. The number of nitrogens with zero attached hydrogens (tertiary/aromatic N) is 1. The van der Waals surface area contributed by atoms with E-state index in [1.807, 2.05) is 48.5 Å². The summed E-state index contributed by atoms with van der Waals surface area (Å²) in [5.41, 5.74) is 4.42. The number of aliphatic hydroxyl groups is 1. The number of rotatable bonds is 10. The van der Waals surface area contributed by atoms with Gasteiger partial charge in [0, 0.05) is 25.4 Å². The number of carbonyl (C=O) groups excluding carboxylic acids is 2. The maximum absolute atomic E-state index is 12.5. The molecule has 9 heteroatoms. The molecular weight excluding hydrogens is 426 g/mol. The molecule has 0 saturated carbocycles. The molecule has 2 amide bonds. The normalized spacial score (nSPS) is 14.2. The first-order valence-corrected chi connectivity index (χ1v) is 10.7. The number of carboxylic acid groups (broad SMARTS) is 1. The van der Waals surface area contributed by atoms with Crippen molar-refractivity contribution in [2.24, 2.45) is 0 Å². The molecule has 2 aromatic carbocycles. The number of hydrogen-bond donors (Lipinski definition) is 4. The van der Waals surface area contributed by atoms with E-state index >= 15 is 0 Å². The minimum Gasteiger partial charge on any atom is -0.479 e. The zero-order valence-corrected chi connectivity index (χ0v) is 18.7. The maximum Gasteiger partial charge on any atom is 0.407 e. The predicted molar refractivity (Wildman–Crippen MR) is 122 cm³/mol. The van der Waals surface area contributed by atoms with Crippen LogP contribution in [-0.4, -0.2) is 79.0 Å². The Morgan fingerprint density at radius 1 is 1.03 bits per heavy atom. The third kappa shape index (κ3) is 6.09. The summed E-state index contributed by atoms with van der Waals surface area (Å²) in [6.07, 6.45) is -2.42. The van der Waals surface area contributed by atoms with Crippen molar-refractivity contribution >= 4 is 18.0 Å². The lowest BCUT2D eigenvalue weighted by molar-refractivity contribution is -0.147. The summed E-state index contributed by atoms with van der Waals surface area (Å²) in [5, 5.41) is 23.2. The summed E-state index contributed by atoms with van der Waals surface area (Å²) in [4.78, 5) is 37.5. The van der Waals surface area contributed by atoms with Crippen LogP contribution in [0.3, 0.4) is 0 Å². The summed E-state index contributed by atoms with van der Waals surface area (Å²) in [6.45, 7) is 0.307. The highest BCUT2D eigenvalue weighted by atomic mass is 16.5. The van der Waals surface area contributed by atoms with E-state index in [1.54, 1.807) is 19.0 Å². The van der Waals surface area contributed by atoms with Gasteiger partial charge in [-0.25, -0.2) is 9.59 Å². The van der Waals surface area contributed by atoms with Crippen molar-refractivity contribution in [3.63, 3.8) is 0 Å². The topological polar surface area (TPSA) is 128 Å². The van der Waals surface area contributed by atoms with Crippen LogP contribution in [0.2, 0.25) is 0 Å². The average molecular weight is 456 g/mol. The highest BCUT2D eigenvalue weighted by Crippen LogP contribution is 2.44. The van der Waals surface area contributed by atoms with E-state index in [-0.39, 0.29) is 32.0 Å². The summed E-state index contributed by atoms with van der Waals surface area (Å²) in [6, 6.07) is 15.1. The van der Waals surface area contributed by atoms with Crippen molar-refractivity contribution in [3.05, 3.63) is 59.7 Å². The smallest absolute Gasteiger partial charge is 0.407 e. The highest BCUT2D eigenvalue weighted by Gasteiger charge is 2.30. The lowest BCUT2D eigenvalue weighted by atomic mass is 9.98. The number of aliphatic hydroxyl groups excluding tert-OH is 1. The van der Waals surface area contributed by atoms with E-state index in [1.165, 1.54) is 0 Å². The average Bonchev–Trinajstić information content (AvgIpc) is 3.10. The zero-order chi connectivity index (χ0) is 24.0. The molecule has 9 nitrogen and oxygen atoms in total. The molecule has 0 aromatic heterocycles. The Kier molecular flexibility index (Phi) is 8.02. The Bertz CT molecular complexity index is 964. The molecule has 1 aliphatic rings. The van der Waals surface area contributed by atoms with Gasteiger partial charge in [-0.05, 0) is 36.3 Å². The van der Waals surface area contributed by atoms with E-state index in [0.29, 0.717) is 0 Å². The van der Waals surface area contributed by atoms with Gasteiger partial charge in [0.15, 0.2) is 6.10 Å². The molecule has 3 rings (SSSR count). The van der Waals surface area contributed by atoms with Crippen molar-refractivity contribution in [1.82, 2.24) is 15.5 Å². The first-order valence-electron chi connectivity index (χ1n) is 10.7. The van der Waals surface area contributed by atoms with Gasteiger partial charge >= 0.3 is 12.1 Å². The minimum atomic E-state index is -1.56. The maximum atomic E-state index is 12.5. The van der Waals surface area contributed by atoms with E-state index in [4.69, 9.17) is 9.84 Å². The Labute approximate surface area is 192 Å². The molecule has 4 N–H and O–H groups in total. The summed E-state index contributed by atoms with van der Waals surface area (Å²) in [7, 11) is 3.52. The number of aliphatic carboxylic acids is 1. The van der Waals surface area contributed by atoms with Crippen LogP contribution in [0.15, 0.2) is 48.5 Å². The van der Waals surface area contributed by atoms with Crippen molar-refractivity contribution in [3.8, 4) is 11.1 Å². The number of likely N-dealkylation sites (N-methyl/N-ethyl adjacent to an activating group) is 1. The van der Waals surface area contributed by atoms with Crippen molar-refractivity contribution in [2.75, 3.05) is 33.8 Å². The molecule has 176 valence electrons. The molecule has 0 aliphatic heterocycles. The van der Waals surface area contributed by atoms with Gasteiger partial charge in [0.2, 0.25) is 5.91 Å². The second kappa shape index (κ2) is 10.9. The van der Waals surface area contributed by atoms with E-state index in [9.17, 15) is 19.5 Å². The van der Waals surface area contributed by atoms with Gasteiger partial charge in [-0.15, -0.1) is 0 Å². The molecule has 2 aromatic rings. The Morgan fingerprint density at radius 2 is 1.61 bits per heavy atom. The molecule has 0 fully saturated rings. The first kappa shape index (κ1) is 24.2. The fourth-order valence-electron chi connectivity index (χ4n) is 3.92. The van der Waals surface area contributed by atoms with E-state index < -0.39 is 30.1 Å². The van der Waals surface area contributed by atoms with Gasteiger partial charge in [0.25, 0.3) is 0 Å². The van der Waals surface area contributed by atoms with Crippen LogP contribution in [0.25, 0.3) is 11.1 Å². The molecule has 1 aliphatic carbocycles. The lowest BCUT2D eigenvalue weighted by Gasteiger charge is -2.22. The van der Waals surface area contributed by atoms with Crippen LogP contribution in [-0.2, 0) is 14.3 Å². The van der Waals surface area contributed by atoms with Crippen LogP contribution < -0.4 is 10.6 Å². The number of hydrogen-bond acceptors (Lipinski definition) is 6. The lowest BCUT2D eigenvalue weighted by Crippen LogP contribution is -2.52. The van der Waals surface area contributed by atoms with Crippen LogP contribution in [0.5, 0.6) is 0 Å². The molecule has 0 saturated heterocycles. The number of nitrogens with one attached hydrogen (secondary N) is 2. The molecule has 33 heavy (non-hydrogen) atoms. The number of carboxylic acids is 1. The quantitative estimate of drug-likeness (QED) is 0.426. The molecular formula is C24H29N3O6. The van der Waals surface area contributed by atoms with E-state index in [0.717, 1.165) is 22.3 Å². The molecule has 0 unspecified atom stereocenters. The summed E-state index contributed by atoms with van der Waals surface area (Å²) < 4.78 is 5.51.